The fourth-order valence-electron chi connectivity index (χ4n) is 7.64. The van der Waals surface area contributed by atoms with Gasteiger partial charge in [0, 0.05) is 57.3 Å². The van der Waals surface area contributed by atoms with Gasteiger partial charge in [0.1, 0.15) is 52.0 Å². The van der Waals surface area contributed by atoms with Gasteiger partial charge in [0.2, 0.25) is 0 Å². The summed E-state index contributed by atoms with van der Waals surface area (Å²) >= 11 is 0. The van der Waals surface area contributed by atoms with Gasteiger partial charge < -0.3 is 25.1 Å². The smallest absolute Gasteiger partial charge is 0.264 e. The third-order valence-electron chi connectivity index (χ3n) is 11.5. The lowest BCUT2D eigenvalue weighted by Crippen LogP contribution is -2.08. The number of pyridine rings is 3. The normalized spacial score (nSPS) is 11.0. The van der Waals surface area contributed by atoms with E-state index in [4.69, 9.17) is 25.1 Å². The van der Waals surface area contributed by atoms with Crippen LogP contribution in [0, 0.1) is 54.8 Å². The highest BCUT2D eigenvalue weighted by atomic mass is 32.2. The van der Waals surface area contributed by atoms with Crippen LogP contribution in [0.3, 0.4) is 0 Å². The number of aliphatic hydroxyl groups excluding tert-OH is 1. The fourth-order valence-corrected chi connectivity index (χ4v) is 8.06. The van der Waals surface area contributed by atoms with Gasteiger partial charge >= 0.3 is 0 Å². The zero-order valence-corrected chi connectivity index (χ0v) is 43.7. The molecular formula is C52H54N16O7S. The van der Waals surface area contributed by atoms with E-state index in [0.29, 0.717) is 78.6 Å². The molecule has 9 rings (SSSR count). The van der Waals surface area contributed by atoms with Crippen LogP contribution in [0.4, 0.5) is 0 Å². The van der Waals surface area contributed by atoms with Crippen molar-refractivity contribution in [2.24, 2.45) is 26.9 Å². The van der Waals surface area contributed by atoms with Crippen LogP contribution in [-0.4, -0.2) is 119 Å². The Balaban J connectivity index is 0.000000167. The topological polar surface area (TPSA) is 319 Å². The van der Waals surface area contributed by atoms with Gasteiger partial charge in [0.15, 0.2) is 17.1 Å². The second kappa shape index (κ2) is 24.8. The lowest BCUT2D eigenvalue weighted by molar-refractivity contribution is 0.233. The molecule has 0 amide bonds. The Kier molecular flexibility index (Phi) is 17.9. The molecule has 24 heteroatoms. The third kappa shape index (κ3) is 13.2. The number of aryl methyl sites for hydroxylation is 6. The van der Waals surface area contributed by atoms with E-state index in [9.17, 15) is 24.2 Å². The van der Waals surface area contributed by atoms with Crippen molar-refractivity contribution in [3.05, 3.63) is 107 Å². The molecule has 0 aliphatic heterocycles. The maximum absolute atomic E-state index is 10.9. The number of hydrogen-bond acceptors (Lipinski definition) is 20. The molecule has 0 fully saturated rings. The summed E-state index contributed by atoms with van der Waals surface area (Å²) < 4.78 is 48.4. The summed E-state index contributed by atoms with van der Waals surface area (Å²) in [6.45, 7) is 8.04. The predicted molar refractivity (Wildman–Crippen MR) is 281 cm³/mol. The third-order valence-corrected chi connectivity index (χ3v) is 12.1. The Morgan fingerprint density at radius 3 is 1.18 bits per heavy atom. The highest BCUT2D eigenvalue weighted by Gasteiger charge is 2.17. The van der Waals surface area contributed by atoms with E-state index in [0.717, 1.165) is 74.1 Å². The van der Waals surface area contributed by atoms with Gasteiger partial charge in [-0.1, -0.05) is 15.6 Å². The maximum Gasteiger partial charge on any atom is 0.264 e. The summed E-state index contributed by atoms with van der Waals surface area (Å²) in [6, 6.07) is 29.0. The second-order valence-electron chi connectivity index (χ2n) is 17.2. The molecule has 390 valence electrons. The van der Waals surface area contributed by atoms with Crippen molar-refractivity contribution in [3.63, 3.8) is 0 Å². The van der Waals surface area contributed by atoms with Crippen LogP contribution >= 0.6 is 0 Å². The maximum atomic E-state index is 10.9. The standard InChI is InChI=1S/C18H19N5O4S.C17H18N6O.C17H17N5O2/c1-12-9-13(5-6-17(12)26-7-4-8-27-28(3,24)25)14-10-16-18(15(11-19)20-14)21-22-23(16)2;1-11-8-12(4-5-16(11)24-7-3-6-18)13-9-15-17(14(10-19)20-13)21-22-23(15)2;1-11-8-12(4-5-16(11)24-7-3-6-23)13-9-15-17(14(10-18)19-13)20-21-22(15)2/h5-6,9-10H,4,7-8H2,1-3H3;4-5,8-9H,3,6-7,18H2,1-2H3;4-5,8-9,23H,3,6-7H2,1-2H3. The number of nitrogens with two attached hydrogens (primary N) is 1. The monoisotopic (exact) mass is 1050 g/mol. The van der Waals surface area contributed by atoms with Crippen molar-refractivity contribution in [2.75, 3.05) is 45.8 Å². The minimum atomic E-state index is -3.43. The molecule has 3 aromatic carbocycles. The zero-order chi connectivity index (χ0) is 54.5. The van der Waals surface area contributed by atoms with Crippen LogP contribution in [0.5, 0.6) is 17.2 Å². The summed E-state index contributed by atoms with van der Waals surface area (Å²) in [5, 5.41) is 60.6. The lowest BCUT2D eigenvalue weighted by atomic mass is 10.1. The van der Waals surface area contributed by atoms with Gasteiger partial charge in [-0.3, -0.25) is 4.18 Å². The van der Waals surface area contributed by atoms with Crippen LogP contribution in [0.1, 0.15) is 53.0 Å². The second-order valence-corrected chi connectivity index (χ2v) is 18.9. The van der Waals surface area contributed by atoms with Crippen LogP contribution in [-0.2, 0) is 35.4 Å². The van der Waals surface area contributed by atoms with Gasteiger partial charge in [-0.2, -0.15) is 24.2 Å². The summed E-state index contributed by atoms with van der Waals surface area (Å²) in [7, 11) is 1.90. The molecule has 3 N–H and O–H groups in total. The Bertz CT molecular complexity index is 3640. The molecule has 9 aromatic rings. The van der Waals surface area contributed by atoms with Gasteiger partial charge in [0.25, 0.3) is 10.1 Å². The van der Waals surface area contributed by atoms with Crippen LogP contribution in [0.15, 0.2) is 72.8 Å². The van der Waals surface area contributed by atoms with Gasteiger partial charge in [-0.25, -0.2) is 29.0 Å². The zero-order valence-electron chi connectivity index (χ0n) is 42.9. The first-order chi connectivity index (χ1) is 36.6. The number of hydrogen-bond donors (Lipinski definition) is 2. The van der Waals surface area contributed by atoms with Crippen molar-refractivity contribution in [2.45, 2.75) is 40.0 Å². The Morgan fingerprint density at radius 1 is 0.539 bits per heavy atom. The van der Waals surface area contributed by atoms with Gasteiger partial charge in [-0.15, -0.1) is 15.3 Å². The van der Waals surface area contributed by atoms with Crippen LogP contribution in [0.25, 0.3) is 66.9 Å². The Labute approximate surface area is 437 Å². The number of aliphatic hydroxyl groups is 1. The first kappa shape index (κ1) is 54.8. The largest absolute Gasteiger partial charge is 0.493 e. The van der Waals surface area contributed by atoms with E-state index >= 15 is 0 Å². The number of ether oxygens (including phenoxy) is 3. The van der Waals surface area contributed by atoms with Crippen molar-refractivity contribution in [3.8, 4) is 69.2 Å². The highest BCUT2D eigenvalue weighted by molar-refractivity contribution is 7.85. The quantitative estimate of drug-likeness (QED) is 0.0796. The fraction of sp³-hybridized carbons (Fsp3) is 0.308. The predicted octanol–water partition coefficient (Wildman–Crippen LogP) is 5.87. The molecule has 0 unspecified atom stereocenters. The first-order valence-electron chi connectivity index (χ1n) is 23.7. The van der Waals surface area contributed by atoms with Crippen molar-refractivity contribution < 1.29 is 31.9 Å². The molecule has 6 heterocycles. The molecule has 0 radical (unpaired) electrons. The van der Waals surface area contributed by atoms with E-state index in [1.807, 2.05) is 93.6 Å². The Morgan fingerprint density at radius 2 is 0.882 bits per heavy atom. The van der Waals surface area contributed by atoms with Crippen molar-refractivity contribution in [1.29, 1.82) is 15.8 Å². The van der Waals surface area contributed by atoms with Crippen molar-refractivity contribution in [1.82, 2.24) is 59.9 Å². The van der Waals surface area contributed by atoms with Crippen molar-refractivity contribution >= 4 is 43.2 Å². The number of rotatable bonds is 17. The summed E-state index contributed by atoms with van der Waals surface area (Å²) in [5.41, 5.74) is 17.6. The van der Waals surface area contributed by atoms with E-state index in [2.05, 4.69) is 68.3 Å². The molecule has 0 aliphatic rings. The van der Waals surface area contributed by atoms with E-state index in [-0.39, 0.29) is 30.3 Å². The number of aromatic nitrogens is 12. The van der Waals surface area contributed by atoms with Crippen LogP contribution in [0.2, 0.25) is 0 Å². The highest BCUT2D eigenvalue weighted by Crippen LogP contribution is 2.31. The van der Waals surface area contributed by atoms with E-state index in [1.54, 1.807) is 35.2 Å². The summed E-state index contributed by atoms with van der Waals surface area (Å²) in [4.78, 5) is 13.2. The van der Waals surface area contributed by atoms with Gasteiger partial charge in [0.05, 0.1) is 66.3 Å². The molecule has 0 saturated carbocycles. The summed E-state index contributed by atoms with van der Waals surface area (Å²) in [6.07, 6.45) is 2.88. The molecule has 0 saturated heterocycles. The number of fused-ring (bicyclic) bond motifs is 3. The molecule has 23 nitrogen and oxygen atoms in total. The summed E-state index contributed by atoms with van der Waals surface area (Å²) in [5.74, 6) is 2.29. The number of nitrogens with zero attached hydrogens (tertiary/aromatic N) is 15. The number of nitriles is 3. The average molecular weight is 1050 g/mol. The molecule has 0 atom stereocenters. The molecule has 76 heavy (non-hydrogen) atoms. The van der Waals surface area contributed by atoms with E-state index < -0.39 is 10.1 Å². The molecular weight excluding hydrogens is 993 g/mol. The first-order valence-corrected chi connectivity index (χ1v) is 25.6. The molecule has 6 aromatic heterocycles. The molecule has 0 spiro atoms. The number of benzene rings is 3. The Hall–Kier alpha value is -8.99. The van der Waals surface area contributed by atoms with Crippen LogP contribution < -0.4 is 19.9 Å². The average Bonchev–Trinajstić information content (AvgIpc) is 4.13. The SMILES string of the molecule is Cc1cc(-c2cc3c(nnn3C)c(C#N)n2)ccc1OCCCN.Cc1cc(-c2cc3c(nnn3C)c(C#N)n2)ccc1OCCCO.Cc1cc(-c2cc3c(nnn3C)c(C#N)n2)ccc1OCCCOS(C)(=O)=O. The minimum absolute atomic E-state index is 0.0789. The molecule has 0 bridgehead atoms. The van der Waals surface area contributed by atoms with E-state index in [1.165, 1.54) is 0 Å². The minimum Gasteiger partial charge on any atom is -0.493 e. The lowest BCUT2D eigenvalue weighted by Gasteiger charge is -2.11. The molecule has 0 aliphatic carbocycles. The van der Waals surface area contributed by atoms with Gasteiger partial charge in [-0.05, 0) is 123 Å².